The maximum Gasteiger partial charge on any atom is 1.00 e. The normalized spacial score (nSPS) is 18.4. The quantitative estimate of drug-likeness (QED) is 0.464. The van der Waals surface area contributed by atoms with Crippen molar-refractivity contribution in [3.8, 4) is 0 Å². The molecule has 1 heteroatoms. The molecule has 2 rings (SSSR count). The van der Waals surface area contributed by atoms with Gasteiger partial charge in [0.25, 0.3) is 0 Å². The average Bonchev–Trinajstić information content (AvgIpc) is 2.46. The second kappa shape index (κ2) is 4.87. The van der Waals surface area contributed by atoms with Crippen molar-refractivity contribution in [1.29, 1.82) is 0 Å². The van der Waals surface area contributed by atoms with Gasteiger partial charge in [-0.25, -0.2) is 5.57 Å². The van der Waals surface area contributed by atoms with Crippen LogP contribution in [-0.4, -0.2) is 0 Å². The fourth-order valence-electron chi connectivity index (χ4n) is 2.08. The summed E-state index contributed by atoms with van der Waals surface area (Å²) in [5, 5.41) is 0. The van der Waals surface area contributed by atoms with Gasteiger partial charge in [-0.3, -0.25) is 6.08 Å². The minimum atomic E-state index is 0. The molecule has 0 N–H and O–H groups in total. The van der Waals surface area contributed by atoms with Gasteiger partial charge in [-0.1, -0.05) is 50.8 Å². The zero-order chi connectivity index (χ0) is 9.26. The predicted molar refractivity (Wildman–Crippen MR) is 56.4 cm³/mol. The van der Waals surface area contributed by atoms with E-state index in [9.17, 15) is 0 Å². The van der Waals surface area contributed by atoms with Crippen LogP contribution in [0.2, 0.25) is 0 Å². The average molecular weight is 178 g/mol. The van der Waals surface area contributed by atoms with Gasteiger partial charge in [-0.05, 0) is 0 Å². The van der Waals surface area contributed by atoms with Crippen molar-refractivity contribution in [2.45, 2.75) is 32.6 Å². The van der Waals surface area contributed by atoms with Crippen molar-refractivity contribution in [3.05, 3.63) is 41.5 Å². The zero-order valence-corrected chi connectivity index (χ0v) is 9.30. The van der Waals surface area contributed by atoms with E-state index in [2.05, 4.69) is 44.2 Å². The summed E-state index contributed by atoms with van der Waals surface area (Å²) in [6.45, 7) is 4.40. The van der Waals surface area contributed by atoms with Gasteiger partial charge < -0.3 is 0 Å². The third kappa shape index (κ3) is 1.97. The van der Waals surface area contributed by atoms with Crippen LogP contribution in [0.3, 0.4) is 0 Å². The molecule has 14 heavy (non-hydrogen) atoms. The van der Waals surface area contributed by atoms with Crippen LogP contribution in [0.15, 0.2) is 24.3 Å². The Bertz CT molecular complexity index is 339. The summed E-state index contributed by atoms with van der Waals surface area (Å²) < 4.78 is 0. The molecule has 0 radical (unpaired) electrons. The molecule has 0 spiro atoms. The Kier molecular flexibility index (Phi) is 4.05. The molecule has 1 aromatic rings. The topological polar surface area (TPSA) is 0 Å². The molecule has 0 fully saturated rings. The number of hydrogen-bond donors (Lipinski definition) is 0. The van der Waals surface area contributed by atoms with Gasteiger partial charge in [-0.2, -0.15) is 5.56 Å². The molecule has 1 aromatic carbocycles. The molecule has 68 valence electrons. The monoisotopic (exact) mass is 178 g/mol. The van der Waals surface area contributed by atoms with Crippen LogP contribution in [0.5, 0.6) is 0 Å². The Labute approximate surface area is 98.6 Å². The minimum absolute atomic E-state index is 0. The molecule has 0 aromatic heterocycles. The van der Waals surface area contributed by atoms with E-state index >= 15 is 0 Å². The Balaban J connectivity index is 0.000000980. The van der Waals surface area contributed by atoms with Crippen molar-refractivity contribution in [2.24, 2.45) is 0 Å². The van der Waals surface area contributed by atoms with E-state index in [0.717, 1.165) is 0 Å². The molecule has 1 unspecified atom stereocenters. The molecule has 0 bridgehead atoms. The van der Waals surface area contributed by atoms with Gasteiger partial charge in [-0.15, -0.1) is 11.6 Å². The first-order chi connectivity index (χ1) is 6.33. The molecule has 1 aliphatic rings. The van der Waals surface area contributed by atoms with Crippen molar-refractivity contribution in [3.63, 3.8) is 0 Å². The van der Waals surface area contributed by atoms with Crippen LogP contribution in [0.1, 0.15) is 43.7 Å². The summed E-state index contributed by atoms with van der Waals surface area (Å²) in [4.78, 5) is 0. The van der Waals surface area contributed by atoms with Gasteiger partial charge in [0.1, 0.15) is 0 Å². The van der Waals surface area contributed by atoms with Crippen molar-refractivity contribution < 1.29 is 18.9 Å². The molecule has 0 aliphatic heterocycles. The van der Waals surface area contributed by atoms with Crippen LogP contribution in [0.4, 0.5) is 0 Å². The van der Waals surface area contributed by atoms with Crippen LogP contribution in [0, 0.1) is 6.08 Å². The van der Waals surface area contributed by atoms with E-state index in [1.54, 1.807) is 0 Å². The first kappa shape index (κ1) is 11.6. The summed E-state index contributed by atoms with van der Waals surface area (Å²) in [5.41, 5.74) is 4.21. The molecule has 1 aliphatic carbocycles. The molecule has 1 atom stereocenters. The van der Waals surface area contributed by atoms with E-state index in [1.165, 1.54) is 29.5 Å². The number of benzene rings is 1. The van der Waals surface area contributed by atoms with Crippen LogP contribution < -0.4 is 18.9 Å². The molecular formula is C13H15Li. The smallest absolute Gasteiger partial charge is 0.265 e. The summed E-state index contributed by atoms with van der Waals surface area (Å²) in [5.74, 6) is 0.557. The maximum absolute atomic E-state index is 3.54. The largest absolute Gasteiger partial charge is 1.00 e. The van der Waals surface area contributed by atoms with E-state index in [-0.39, 0.29) is 18.9 Å². The van der Waals surface area contributed by atoms with E-state index in [0.29, 0.717) is 5.92 Å². The summed E-state index contributed by atoms with van der Waals surface area (Å²) in [7, 11) is 0. The Morgan fingerprint density at radius 1 is 1.29 bits per heavy atom. The van der Waals surface area contributed by atoms with Crippen molar-refractivity contribution in [2.75, 3.05) is 0 Å². The van der Waals surface area contributed by atoms with Crippen LogP contribution in [0.25, 0.3) is 5.57 Å². The fourth-order valence-corrected chi connectivity index (χ4v) is 2.08. The Morgan fingerprint density at radius 3 is 2.71 bits per heavy atom. The number of hydrogen-bond acceptors (Lipinski definition) is 0. The molecule has 0 saturated heterocycles. The molecule has 0 nitrogen and oxygen atoms in total. The van der Waals surface area contributed by atoms with Crippen LogP contribution in [-0.2, 0) is 0 Å². The van der Waals surface area contributed by atoms with Gasteiger partial charge in [0.2, 0.25) is 0 Å². The molecule has 0 saturated carbocycles. The number of allylic oxidation sites excluding steroid dienone is 2. The van der Waals surface area contributed by atoms with Gasteiger partial charge in [0.15, 0.2) is 0 Å². The summed E-state index contributed by atoms with van der Waals surface area (Å²) in [6.07, 6.45) is 6.00. The second-order valence-electron chi connectivity index (χ2n) is 3.70. The second-order valence-corrected chi connectivity index (χ2v) is 3.70. The Morgan fingerprint density at radius 2 is 2.00 bits per heavy atom. The van der Waals surface area contributed by atoms with Crippen molar-refractivity contribution >= 4 is 5.57 Å². The summed E-state index contributed by atoms with van der Waals surface area (Å²) in [6, 6.07) is 8.67. The number of rotatable bonds is 2. The van der Waals surface area contributed by atoms with Gasteiger partial charge in [0.05, 0.1) is 0 Å². The SMILES string of the molecule is CCCC1[C-]=C(C)c2ccccc21.[Li+]. The minimum Gasteiger partial charge on any atom is -0.265 e. The standard InChI is InChI=1S/C13H15.Li/c1-3-6-11-9-10(2)12-7-4-5-8-13(11)12;/h4-5,7-8,11H,3,6H2,1-2H3;/q-1;+1. The first-order valence-corrected chi connectivity index (χ1v) is 5.02. The third-order valence-corrected chi connectivity index (χ3v) is 2.71. The maximum atomic E-state index is 3.54. The zero-order valence-electron chi connectivity index (χ0n) is 9.30. The van der Waals surface area contributed by atoms with Crippen molar-refractivity contribution in [1.82, 2.24) is 0 Å². The summed E-state index contributed by atoms with van der Waals surface area (Å²) >= 11 is 0. The van der Waals surface area contributed by atoms with Gasteiger partial charge >= 0.3 is 18.9 Å². The van der Waals surface area contributed by atoms with Crippen LogP contribution >= 0.6 is 0 Å². The van der Waals surface area contributed by atoms with E-state index in [1.807, 2.05) is 0 Å². The molecular weight excluding hydrogens is 163 g/mol. The number of fused-ring (bicyclic) bond motifs is 1. The third-order valence-electron chi connectivity index (χ3n) is 2.71. The van der Waals surface area contributed by atoms with E-state index in [4.69, 9.17) is 0 Å². The fraction of sp³-hybridized carbons (Fsp3) is 0.385. The molecule has 0 heterocycles. The van der Waals surface area contributed by atoms with Gasteiger partial charge in [0, 0.05) is 0 Å². The Hall–Kier alpha value is -0.443. The molecule has 0 amide bonds. The predicted octanol–water partition coefficient (Wildman–Crippen LogP) is 0.794. The van der Waals surface area contributed by atoms with E-state index < -0.39 is 0 Å². The first-order valence-electron chi connectivity index (χ1n) is 5.02.